The van der Waals surface area contributed by atoms with E-state index in [4.69, 9.17) is 16.3 Å². The molecule has 0 aliphatic carbocycles. The maximum absolute atomic E-state index is 10.6. The van der Waals surface area contributed by atoms with Crippen molar-refractivity contribution < 1.29 is 9.66 Å². The zero-order valence-corrected chi connectivity index (χ0v) is 10.1. The molecule has 0 radical (unpaired) electrons. The molecule has 0 unspecified atom stereocenters. The summed E-state index contributed by atoms with van der Waals surface area (Å²) in [4.78, 5) is 10.1. The minimum absolute atomic E-state index is 0.00151. The quantitative estimate of drug-likeness (QED) is 0.362. The number of alkyl halides is 1. The Kier molecular flexibility index (Phi) is 4.84. The number of ether oxygens (including phenoxy) is 1. The van der Waals surface area contributed by atoms with Crippen molar-refractivity contribution in [1.82, 2.24) is 0 Å². The normalized spacial score (nSPS) is 10.0. The summed E-state index contributed by atoms with van der Waals surface area (Å²) in [6.45, 7) is 0.448. The van der Waals surface area contributed by atoms with Gasteiger partial charge in [0.1, 0.15) is 10.2 Å². The third kappa shape index (κ3) is 3.35. The van der Waals surface area contributed by atoms with Gasteiger partial charge in [-0.25, -0.2) is 0 Å². The van der Waals surface area contributed by atoms with Crippen LogP contribution in [-0.4, -0.2) is 17.4 Å². The summed E-state index contributed by atoms with van der Waals surface area (Å²) in [5.74, 6) is 0.973. The van der Waals surface area contributed by atoms with Crippen LogP contribution in [0.4, 0.5) is 5.69 Å². The van der Waals surface area contributed by atoms with Crippen molar-refractivity contribution in [2.45, 2.75) is 6.42 Å². The molecule has 0 atom stereocenters. The first kappa shape index (κ1) is 12.3. The Labute approximate surface area is 100 Å². The predicted octanol–water partition coefficient (Wildman–Crippen LogP) is 3.37. The number of halogens is 2. The van der Waals surface area contributed by atoms with Gasteiger partial charge in [0.25, 0.3) is 5.69 Å². The van der Waals surface area contributed by atoms with E-state index in [1.165, 1.54) is 6.07 Å². The Morgan fingerprint density at radius 3 is 2.87 bits per heavy atom. The second kappa shape index (κ2) is 5.92. The summed E-state index contributed by atoms with van der Waals surface area (Å²) in [7, 11) is 0. The van der Waals surface area contributed by atoms with Crippen molar-refractivity contribution in [3.05, 3.63) is 32.8 Å². The van der Waals surface area contributed by atoms with E-state index >= 15 is 0 Å². The van der Waals surface area contributed by atoms with Gasteiger partial charge in [-0.05, 0) is 28.4 Å². The number of nitro groups is 1. The smallest absolute Gasteiger partial charge is 0.287 e. The molecule has 0 fully saturated rings. The maximum atomic E-state index is 10.6. The largest absolute Gasteiger partial charge is 0.492 e. The number of benzene rings is 1. The zero-order valence-electron chi connectivity index (χ0n) is 7.78. The van der Waals surface area contributed by atoms with Crippen molar-refractivity contribution in [2.24, 2.45) is 0 Å². The summed E-state index contributed by atoms with van der Waals surface area (Å²) in [5, 5.41) is 10.6. The van der Waals surface area contributed by atoms with Gasteiger partial charge in [-0.1, -0.05) is 6.07 Å². The fraction of sp³-hybridized carbons (Fsp3) is 0.333. The highest BCUT2D eigenvalue weighted by Gasteiger charge is 2.15. The monoisotopic (exact) mass is 293 g/mol. The van der Waals surface area contributed by atoms with Gasteiger partial charge in [0.15, 0.2) is 0 Å². The second-order valence-corrected chi connectivity index (χ2v) is 3.91. The third-order valence-corrected chi connectivity index (χ3v) is 2.74. The van der Waals surface area contributed by atoms with E-state index in [0.717, 1.165) is 0 Å². The molecule has 0 N–H and O–H groups in total. The molecule has 0 amide bonds. The molecule has 1 aromatic carbocycles. The highest BCUT2D eigenvalue weighted by molar-refractivity contribution is 9.10. The van der Waals surface area contributed by atoms with E-state index in [9.17, 15) is 10.1 Å². The van der Waals surface area contributed by atoms with Crippen LogP contribution in [0.1, 0.15) is 6.42 Å². The van der Waals surface area contributed by atoms with E-state index < -0.39 is 4.92 Å². The molecule has 1 aromatic rings. The Morgan fingerprint density at radius 2 is 2.27 bits per heavy atom. The lowest BCUT2D eigenvalue weighted by Crippen LogP contribution is -1.99. The predicted molar refractivity (Wildman–Crippen MR) is 61.6 cm³/mol. The molecule has 0 aliphatic heterocycles. The number of nitrogens with zero attached hydrogens (tertiary/aromatic N) is 1. The summed E-state index contributed by atoms with van der Waals surface area (Å²) < 4.78 is 5.70. The van der Waals surface area contributed by atoms with E-state index in [-0.39, 0.29) is 5.69 Å². The highest BCUT2D eigenvalue weighted by atomic mass is 79.9. The van der Waals surface area contributed by atoms with Gasteiger partial charge in [0.2, 0.25) is 0 Å². The van der Waals surface area contributed by atoms with Gasteiger partial charge >= 0.3 is 0 Å². The van der Waals surface area contributed by atoms with Crippen LogP contribution in [0.15, 0.2) is 22.7 Å². The van der Waals surface area contributed by atoms with Crippen LogP contribution >= 0.6 is 27.5 Å². The average Bonchev–Trinajstić information content (AvgIpc) is 2.20. The SMILES string of the molecule is O=[N+]([O-])c1cccc(OCCCCl)c1Br. The molecule has 0 spiro atoms. The lowest BCUT2D eigenvalue weighted by atomic mass is 10.3. The van der Waals surface area contributed by atoms with E-state index in [2.05, 4.69) is 15.9 Å². The molecule has 0 aliphatic rings. The minimum atomic E-state index is -0.460. The Hall–Kier alpha value is -0.810. The third-order valence-electron chi connectivity index (χ3n) is 1.68. The topological polar surface area (TPSA) is 52.4 Å². The summed E-state index contributed by atoms with van der Waals surface area (Å²) >= 11 is 8.62. The maximum Gasteiger partial charge on any atom is 0.287 e. The van der Waals surface area contributed by atoms with E-state index in [1.54, 1.807) is 12.1 Å². The van der Waals surface area contributed by atoms with Gasteiger partial charge in [0.05, 0.1) is 11.5 Å². The lowest BCUT2D eigenvalue weighted by molar-refractivity contribution is -0.385. The van der Waals surface area contributed by atoms with Crippen molar-refractivity contribution in [3.8, 4) is 5.75 Å². The molecule has 15 heavy (non-hydrogen) atoms. The molecule has 1 rings (SSSR count). The fourth-order valence-corrected chi connectivity index (χ4v) is 1.62. The number of rotatable bonds is 5. The summed E-state index contributed by atoms with van der Waals surface area (Å²) in [6, 6.07) is 4.67. The molecule has 0 saturated carbocycles. The Bertz CT molecular complexity index is 359. The first-order valence-electron chi connectivity index (χ1n) is 4.28. The average molecular weight is 295 g/mol. The van der Waals surface area contributed by atoms with Crippen LogP contribution in [0.25, 0.3) is 0 Å². The molecule has 4 nitrogen and oxygen atoms in total. The molecule has 0 bridgehead atoms. The highest BCUT2D eigenvalue weighted by Crippen LogP contribution is 2.33. The first-order valence-corrected chi connectivity index (χ1v) is 5.61. The van der Waals surface area contributed by atoms with Gasteiger partial charge in [-0.2, -0.15) is 0 Å². The van der Waals surface area contributed by atoms with E-state index in [0.29, 0.717) is 29.1 Å². The number of hydrogen-bond acceptors (Lipinski definition) is 3. The molecule has 0 aromatic heterocycles. The molecule has 6 heteroatoms. The Balaban J connectivity index is 2.80. The van der Waals surface area contributed by atoms with Gasteiger partial charge in [0, 0.05) is 11.9 Å². The molecule has 0 saturated heterocycles. The van der Waals surface area contributed by atoms with Crippen LogP contribution < -0.4 is 4.74 Å². The second-order valence-electron chi connectivity index (χ2n) is 2.74. The lowest BCUT2D eigenvalue weighted by Gasteiger charge is -2.06. The minimum Gasteiger partial charge on any atom is -0.492 e. The van der Waals surface area contributed by atoms with Crippen LogP contribution in [0.2, 0.25) is 0 Å². The first-order chi connectivity index (χ1) is 7.16. The summed E-state index contributed by atoms with van der Waals surface area (Å²) in [5.41, 5.74) is -0.00151. The van der Waals surface area contributed by atoms with E-state index in [1.807, 2.05) is 0 Å². The Morgan fingerprint density at radius 1 is 1.53 bits per heavy atom. The molecule has 82 valence electrons. The molecular weight excluding hydrogens is 285 g/mol. The van der Waals surface area contributed by atoms with Crippen molar-refractivity contribution in [2.75, 3.05) is 12.5 Å². The van der Waals surface area contributed by atoms with Crippen molar-refractivity contribution >= 4 is 33.2 Å². The van der Waals surface area contributed by atoms with Gasteiger partial charge in [-0.3, -0.25) is 10.1 Å². The van der Waals surface area contributed by atoms with Crippen LogP contribution in [0.5, 0.6) is 5.75 Å². The van der Waals surface area contributed by atoms with Gasteiger partial charge < -0.3 is 4.74 Å². The fourth-order valence-electron chi connectivity index (χ4n) is 0.988. The van der Waals surface area contributed by atoms with Crippen LogP contribution in [0.3, 0.4) is 0 Å². The van der Waals surface area contributed by atoms with Gasteiger partial charge in [-0.15, -0.1) is 11.6 Å². The van der Waals surface area contributed by atoms with Crippen LogP contribution in [0, 0.1) is 10.1 Å². The van der Waals surface area contributed by atoms with Crippen LogP contribution in [-0.2, 0) is 0 Å². The number of hydrogen-bond donors (Lipinski definition) is 0. The molecular formula is C9H9BrClNO3. The number of nitro benzene ring substituents is 1. The zero-order chi connectivity index (χ0) is 11.3. The van der Waals surface area contributed by atoms with Crippen molar-refractivity contribution in [1.29, 1.82) is 0 Å². The summed E-state index contributed by atoms with van der Waals surface area (Å²) in [6.07, 6.45) is 0.705. The molecule has 0 heterocycles. The van der Waals surface area contributed by atoms with Crippen molar-refractivity contribution in [3.63, 3.8) is 0 Å². The standard InChI is InChI=1S/C9H9BrClNO3/c10-9-7(12(13)14)3-1-4-8(9)15-6-2-5-11/h1,3-4H,2,5-6H2.